The van der Waals surface area contributed by atoms with Gasteiger partial charge in [0.2, 0.25) is 11.0 Å². The van der Waals surface area contributed by atoms with Crippen LogP contribution in [0.3, 0.4) is 0 Å². The Kier molecular flexibility index (Phi) is 6.33. The highest BCUT2D eigenvalue weighted by Crippen LogP contribution is 2.31. The van der Waals surface area contributed by atoms with Crippen LogP contribution in [-0.2, 0) is 9.53 Å². The summed E-state index contributed by atoms with van der Waals surface area (Å²) < 4.78 is 6.16. The zero-order chi connectivity index (χ0) is 18.5. The first kappa shape index (κ1) is 18.9. The normalized spacial score (nSPS) is 15.6. The minimum Gasteiger partial charge on any atom is -0.378 e. The molecule has 26 heavy (non-hydrogen) atoms. The Morgan fingerprint density at radius 1 is 1.27 bits per heavy atom. The van der Waals surface area contributed by atoms with Crippen LogP contribution in [0.5, 0.6) is 0 Å². The topological polar surface area (TPSA) is 70.6 Å². The van der Waals surface area contributed by atoms with E-state index in [-0.39, 0.29) is 11.2 Å². The number of nitrogens with one attached hydrogen (secondary N) is 1. The summed E-state index contributed by atoms with van der Waals surface area (Å²) in [6, 6.07) is 7.78. The molecule has 7 nitrogen and oxygen atoms in total. The molecule has 3 rings (SSSR count). The molecule has 1 aliphatic rings. The van der Waals surface area contributed by atoms with Crippen molar-refractivity contribution in [1.29, 1.82) is 0 Å². The number of hydrogen-bond donors (Lipinski definition) is 1. The van der Waals surface area contributed by atoms with E-state index in [0.29, 0.717) is 13.2 Å². The monoisotopic (exact) mass is 393 g/mol. The van der Waals surface area contributed by atoms with Crippen LogP contribution in [-0.4, -0.2) is 61.8 Å². The van der Waals surface area contributed by atoms with E-state index < -0.39 is 0 Å². The van der Waals surface area contributed by atoms with Gasteiger partial charge in [-0.15, -0.1) is 10.2 Å². The number of benzene rings is 1. The van der Waals surface area contributed by atoms with Crippen molar-refractivity contribution in [3.05, 3.63) is 24.3 Å². The third-order valence-corrected chi connectivity index (χ3v) is 6.14. The van der Waals surface area contributed by atoms with Gasteiger partial charge in [0.15, 0.2) is 4.34 Å². The van der Waals surface area contributed by atoms with Crippen molar-refractivity contribution in [3.63, 3.8) is 0 Å². The number of nitrogens with zero attached hydrogens (tertiary/aromatic N) is 4. The van der Waals surface area contributed by atoms with Crippen LogP contribution in [0.4, 0.5) is 16.5 Å². The lowest BCUT2D eigenvalue weighted by Crippen LogP contribution is -2.36. The number of amides is 1. The first-order chi connectivity index (χ1) is 12.5. The summed E-state index contributed by atoms with van der Waals surface area (Å²) in [5.74, 6) is -0.0456. The predicted octanol–water partition coefficient (Wildman–Crippen LogP) is 2.56. The third kappa shape index (κ3) is 4.87. The first-order valence-electron chi connectivity index (χ1n) is 8.44. The Bertz CT molecular complexity index is 729. The van der Waals surface area contributed by atoms with Gasteiger partial charge < -0.3 is 19.9 Å². The maximum absolute atomic E-state index is 12.4. The molecule has 1 aromatic carbocycles. The minimum atomic E-state index is -0.256. The van der Waals surface area contributed by atoms with E-state index in [1.165, 1.54) is 23.1 Å². The summed E-state index contributed by atoms with van der Waals surface area (Å²) in [6.45, 7) is 4.97. The molecule has 1 amide bonds. The quantitative estimate of drug-likeness (QED) is 0.756. The number of ether oxygens (including phenoxy) is 1. The van der Waals surface area contributed by atoms with E-state index in [1.54, 1.807) is 0 Å². The van der Waals surface area contributed by atoms with E-state index in [4.69, 9.17) is 4.74 Å². The van der Waals surface area contributed by atoms with Crippen LogP contribution >= 0.6 is 23.1 Å². The Labute approximate surface area is 161 Å². The van der Waals surface area contributed by atoms with E-state index in [9.17, 15) is 4.79 Å². The lowest BCUT2D eigenvalue weighted by molar-refractivity contribution is -0.115. The molecule has 1 saturated heterocycles. The Balaban J connectivity index is 1.54. The molecule has 0 bridgehead atoms. The van der Waals surface area contributed by atoms with Crippen LogP contribution in [0, 0.1) is 0 Å². The number of thioether (sulfide) groups is 1. The summed E-state index contributed by atoms with van der Waals surface area (Å²) in [7, 11) is 3.97. The molecule has 1 atom stereocenters. The second-order valence-corrected chi connectivity index (χ2v) is 8.68. The second-order valence-electron chi connectivity index (χ2n) is 6.14. The molecule has 1 fully saturated rings. The van der Waals surface area contributed by atoms with Gasteiger partial charge in [-0.2, -0.15) is 0 Å². The summed E-state index contributed by atoms with van der Waals surface area (Å²) in [6.07, 6.45) is 0. The highest BCUT2D eigenvalue weighted by atomic mass is 32.2. The molecule has 9 heteroatoms. The van der Waals surface area contributed by atoms with Crippen LogP contribution in [0.1, 0.15) is 6.92 Å². The van der Waals surface area contributed by atoms with Crippen molar-refractivity contribution in [2.75, 3.05) is 55.5 Å². The zero-order valence-corrected chi connectivity index (χ0v) is 16.8. The van der Waals surface area contributed by atoms with Crippen LogP contribution in [0.2, 0.25) is 0 Å². The van der Waals surface area contributed by atoms with Gasteiger partial charge in [0, 0.05) is 38.6 Å². The van der Waals surface area contributed by atoms with Gasteiger partial charge in [-0.05, 0) is 31.2 Å². The van der Waals surface area contributed by atoms with Crippen LogP contribution < -0.4 is 15.1 Å². The molecule has 1 aliphatic heterocycles. The smallest absolute Gasteiger partial charge is 0.237 e. The standard InChI is InChI=1S/C17H23N5O2S2/c1-12(15(23)18-13-4-6-14(7-5-13)21(2)3)25-17-20-19-16(26-17)22-8-10-24-11-9-22/h4-7,12H,8-11H2,1-3H3,(H,18,23). The molecular weight excluding hydrogens is 370 g/mol. The number of hydrogen-bond acceptors (Lipinski definition) is 8. The van der Waals surface area contributed by atoms with Gasteiger partial charge in [-0.1, -0.05) is 23.1 Å². The molecule has 0 radical (unpaired) electrons. The lowest BCUT2D eigenvalue weighted by Gasteiger charge is -2.25. The van der Waals surface area contributed by atoms with Gasteiger partial charge in [0.05, 0.1) is 18.5 Å². The number of carbonyl (C=O) groups is 1. The SMILES string of the molecule is CC(Sc1nnc(N2CCOCC2)s1)C(=O)Nc1ccc(N(C)C)cc1. The minimum absolute atomic E-state index is 0.0456. The highest BCUT2D eigenvalue weighted by molar-refractivity contribution is 8.02. The summed E-state index contributed by atoms with van der Waals surface area (Å²) in [5.41, 5.74) is 1.88. The molecule has 0 saturated carbocycles. The zero-order valence-electron chi connectivity index (χ0n) is 15.1. The molecule has 2 aromatic rings. The summed E-state index contributed by atoms with van der Waals surface area (Å²) in [4.78, 5) is 16.6. The van der Waals surface area contributed by atoms with Crippen LogP contribution in [0.15, 0.2) is 28.6 Å². The fraction of sp³-hybridized carbons (Fsp3) is 0.471. The van der Waals surface area contributed by atoms with E-state index in [2.05, 4.69) is 20.4 Å². The molecule has 1 unspecified atom stereocenters. The van der Waals surface area contributed by atoms with Crippen molar-refractivity contribution < 1.29 is 9.53 Å². The first-order valence-corrected chi connectivity index (χ1v) is 10.1. The number of aromatic nitrogens is 2. The molecule has 0 spiro atoms. The molecule has 2 heterocycles. The molecule has 140 valence electrons. The van der Waals surface area contributed by atoms with E-state index in [0.717, 1.165) is 33.9 Å². The lowest BCUT2D eigenvalue weighted by atomic mass is 10.2. The maximum Gasteiger partial charge on any atom is 0.237 e. The maximum atomic E-state index is 12.4. The fourth-order valence-corrected chi connectivity index (χ4v) is 4.46. The van der Waals surface area contributed by atoms with Crippen molar-refractivity contribution in [2.24, 2.45) is 0 Å². The van der Waals surface area contributed by atoms with Crippen LogP contribution in [0.25, 0.3) is 0 Å². The number of carbonyl (C=O) groups excluding carboxylic acids is 1. The Morgan fingerprint density at radius 2 is 1.96 bits per heavy atom. The van der Waals surface area contributed by atoms with E-state index in [1.807, 2.05) is 50.2 Å². The third-order valence-electron chi connectivity index (χ3n) is 3.98. The largest absolute Gasteiger partial charge is 0.378 e. The second kappa shape index (κ2) is 8.70. The van der Waals surface area contributed by atoms with E-state index >= 15 is 0 Å². The predicted molar refractivity (Wildman–Crippen MR) is 108 cm³/mol. The molecule has 1 aromatic heterocycles. The average molecular weight is 394 g/mol. The van der Waals surface area contributed by atoms with Gasteiger partial charge in [-0.25, -0.2) is 0 Å². The fourth-order valence-electron chi connectivity index (χ4n) is 2.42. The van der Waals surface area contributed by atoms with Crippen molar-refractivity contribution in [1.82, 2.24) is 10.2 Å². The molecule has 1 N–H and O–H groups in total. The van der Waals surface area contributed by atoms with Crippen molar-refractivity contribution in [3.8, 4) is 0 Å². The average Bonchev–Trinajstić information content (AvgIpc) is 3.11. The van der Waals surface area contributed by atoms with Gasteiger partial charge in [0.25, 0.3) is 0 Å². The van der Waals surface area contributed by atoms with Gasteiger partial charge >= 0.3 is 0 Å². The summed E-state index contributed by atoms with van der Waals surface area (Å²) >= 11 is 2.95. The van der Waals surface area contributed by atoms with Crippen molar-refractivity contribution in [2.45, 2.75) is 16.5 Å². The van der Waals surface area contributed by atoms with Crippen molar-refractivity contribution >= 4 is 45.5 Å². The number of morpholine rings is 1. The molecular formula is C17H23N5O2S2. The molecule has 0 aliphatic carbocycles. The summed E-state index contributed by atoms with van der Waals surface area (Å²) in [5, 5.41) is 12.0. The number of rotatable bonds is 6. The Hall–Kier alpha value is -1.84. The number of anilines is 3. The van der Waals surface area contributed by atoms with Gasteiger partial charge in [-0.3, -0.25) is 4.79 Å². The Morgan fingerprint density at radius 3 is 2.62 bits per heavy atom. The highest BCUT2D eigenvalue weighted by Gasteiger charge is 2.20. The van der Waals surface area contributed by atoms with Gasteiger partial charge in [0.1, 0.15) is 0 Å².